The minimum Gasteiger partial charge on any atom is -0.444 e. The number of anilines is 1. The van der Waals surface area contributed by atoms with Gasteiger partial charge in [-0.1, -0.05) is 11.6 Å². The maximum atomic E-state index is 11.6. The van der Waals surface area contributed by atoms with Crippen LogP contribution in [0.1, 0.15) is 27.2 Å². The number of amides is 1. The molecule has 2 rings (SSSR count). The number of hydrogen-bond acceptors (Lipinski definition) is 4. The van der Waals surface area contributed by atoms with Gasteiger partial charge >= 0.3 is 6.09 Å². The van der Waals surface area contributed by atoms with Crippen molar-refractivity contribution >= 4 is 29.3 Å². The lowest BCUT2D eigenvalue weighted by Gasteiger charge is -2.36. The van der Waals surface area contributed by atoms with Crippen LogP contribution in [0.5, 0.6) is 0 Å². The summed E-state index contributed by atoms with van der Waals surface area (Å²) < 4.78 is 5.18. The van der Waals surface area contributed by atoms with Crippen molar-refractivity contribution in [2.24, 2.45) is 10.7 Å². The number of alkyl carbamates (subject to hydrolysis) is 1. The van der Waals surface area contributed by atoms with Gasteiger partial charge in [-0.15, -0.1) is 0 Å². The molecule has 0 atom stereocenters. The van der Waals surface area contributed by atoms with Gasteiger partial charge in [0, 0.05) is 50.0 Å². The fourth-order valence-corrected chi connectivity index (χ4v) is 2.85. The van der Waals surface area contributed by atoms with Gasteiger partial charge < -0.3 is 25.6 Å². The van der Waals surface area contributed by atoms with Crippen molar-refractivity contribution in [3.8, 4) is 0 Å². The average molecular weight is 396 g/mol. The Bertz CT molecular complexity index is 634. The Labute approximate surface area is 166 Å². The van der Waals surface area contributed by atoms with E-state index in [9.17, 15) is 4.79 Å². The van der Waals surface area contributed by atoms with Gasteiger partial charge in [0.2, 0.25) is 0 Å². The molecule has 8 heteroatoms. The molecule has 1 fully saturated rings. The van der Waals surface area contributed by atoms with E-state index in [2.05, 4.69) is 20.1 Å². The van der Waals surface area contributed by atoms with Gasteiger partial charge in [0.25, 0.3) is 0 Å². The van der Waals surface area contributed by atoms with Crippen molar-refractivity contribution in [1.29, 1.82) is 0 Å². The number of ether oxygens (including phenoxy) is 1. The fraction of sp³-hybridized carbons (Fsp3) is 0.579. The van der Waals surface area contributed by atoms with E-state index in [-0.39, 0.29) is 0 Å². The number of benzene rings is 1. The first-order valence-corrected chi connectivity index (χ1v) is 9.64. The first-order valence-electron chi connectivity index (χ1n) is 9.27. The lowest BCUT2D eigenvalue weighted by Crippen LogP contribution is -2.51. The molecule has 1 aliphatic rings. The molecule has 0 bridgehead atoms. The lowest BCUT2D eigenvalue weighted by atomic mass is 10.2. The molecule has 1 saturated heterocycles. The highest BCUT2D eigenvalue weighted by atomic mass is 35.5. The second-order valence-corrected chi connectivity index (χ2v) is 7.91. The van der Waals surface area contributed by atoms with Crippen molar-refractivity contribution in [2.75, 3.05) is 44.2 Å². The van der Waals surface area contributed by atoms with E-state index in [1.807, 2.05) is 45.0 Å². The van der Waals surface area contributed by atoms with Gasteiger partial charge in [-0.2, -0.15) is 0 Å². The molecule has 1 aromatic rings. The number of halogens is 1. The van der Waals surface area contributed by atoms with E-state index in [4.69, 9.17) is 22.1 Å². The zero-order chi connectivity index (χ0) is 19.9. The molecule has 1 amide bonds. The van der Waals surface area contributed by atoms with E-state index in [1.54, 1.807) is 0 Å². The molecule has 150 valence electrons. The Morgan fingerprint density at radius 2 is 1.85 bits per heavy atom. The number of carbonyl (C=O) groups is 1. The Morgan fingerprint density at radius 3 is 2.44 bits per heavy atom. The van der Waals surface area contributed by atoms with Gasteiger partial charge in [-0.05, 0) is 51.5 Å². The van der Waals surface area contributed by atoms with Crippen LogP contribution in [-0.2, 0) is 4.74 Å². The normalized spacial score (nSPS) is 15.6. The topological polar surface area (TPSA) is 83.2 Å². The predicted molar refractivity (Wildman–Crippen MR) is 111 cm³/mol. The third-order valence-electron chi connectivity index (χ3n) is 4.07. The van der Waals surface area contributed by atoms with Gasteiger partial charge in [-0.3, -0.25) is 4.99 Å². The number of hydrogen-bond donors (Lipinski definition) is 2. The Hall–Kier alpha value is -2.15. The molecule has 1 aromatic carbocycles. The summed E-state index contributed by atoms with van der Waals surface area (Å²) in [5.74, 6) is 0.558. The number of nitrogens with zero attached hydrogens (tertiary/aromatic N) is 3. The SMILES string of the molecule is CC(C)(C)OC(=O)NCCCN=C(N)N1CCN(c2ccc(Cl)cc2)CC1. The molecule has 0 saturated carbocycles. The third-order valence-corrected chi connectivity index (χ3v) is 4.32. The minimum atomic E-state index is -0.485. The van der Waals surface area contributed by atoms with Crippen LogP contribution in [-0.4, -0.2) is 61.8 Å². The second-order valence-electron chi connectivity index (χ2n) is 7.47. The van der Waals surface area contributed by atoms with Crippen molar-refractivity contribution < 1.29 is 9.53 Å². The number of piperazine rings is 1. The van der Waals surface area contributed by atoms with E-state index >= 15 is 0 Å². The van der Waals surface area contributed by atoms with Crippen LogP contribution in [0, 0.1) is 0 Å². The highest BCUT2D eigenvalue weighted by Gasteiger charge is 2.18. The summed E-state index contributed by atoms with van der Waals surface area (Å²) in [4.78, 5) is 20.4. The van der Waals surface area contributed by atoms with E-state index < -0.39 is 11.7 Å². The molecule has 7 nitrogen and oxygen atoms in total. The fourth-order valence-electron chi connectivity index (χ4n) is 2.72. The van der Waals surface area contributed by atoms with Crippen LogP contribution in [0.3, 0.4) is 0 Å². The Morgan fingerprint density at radius 1 is 1.22 bits per heavy atom. The molecule has 3 N–H and O–H groups in total. The van der Waals surface area contributed by atoms with Gasteiger partial charge in [-0.25, -0.2) is 4.79 Å². The number of nitrogens with two attached hydrogens (primary N) is 1. The second kappa shape index (κ2) is 9.69. The lowest BCUT2D eigenvalue weighted by molar-refractivity contribution is 0.0527. The molecule has 1 heterocycles. The van der Waals surface area contributed by atoms with Crippen molar-refractivity contribution in [2.45, 2.75) is 32.8 Å². The van der Waals surface area contributed by atoms with Gasteiger partial charge in [0.15, 0.2) is 5.96 Å². The average Bonchev–Trinajstić information content (AvgIpc) is 2.60. The first kappa shape index (κ1) is 21.2. The molecular weight excluding hydrogens is 366 g/mol. The molecule has 1 aliphatic heterocycles. The van der Waals surface area contributed by atoms with Crippen LogP contribution in [0.25, 0.3) is 0 Å². The van der Waals surface area contributed by atoms with E-state index in [0.717, 1.165) is 31.2 Å². The third kappa shape index (κ3) is 7.54. The Kier molecular flexibility index (Phi) is 7.59. The zero-order valence-corrected chi connectivity index (χ0v) is 17.1. The molecular formula is C19H30ClN5O2. The van der Waals surface area contributed by atoms with Crippen molar-refractivity contribution in [3.63, 3.8) is 0 Å². The molecule has 27 heavy (non-hydrogen) atoms. The molecule has 0 aliphatic carbocycles. The van der Waals surface area contributed by atoms with Crippen molar-refractivity contribution in [3.05, 3.63) is 29.3 Å². The van der Waals surface area contributed by atoms with Crippen LogP contribution in [0.2, 0.25) is 5.02 Å². The highest BCUT2D eigenvalue weighted by molar-refractivity contribution is 6.30. The number of aliphatic imine (C=N–C) groups is 1. The van der Waals surface area contributed by atoms with Crippen molar-refractivity contribution in [1.82, 2.24) is 10.2 Å². The summed E-state index contributed by atoms with van der Waals surface area (Å²) in [5, 5.41) is 3.46. The minimum absolute atomic E-state index is 0.405. The van der Waals surface area contributed by atoms with E-state index in [1.165, 1.54) is 5.69 Å². The van der Waals surface area contributed by atoms with E-state index in [0.29, 0.717) is 25.5 Å². The summed E-state index contributed by atoms with van der Waals surface area (Å²) in [6.45, 7) is 10.0. The smallest absolute Gasteiger partial charge is 0.407 e. The molecule has 0 spiro atoms. The summed E-state index contributed by atoms with van der Waals surface area (Å²) in [5.41, 5.74) is 6.79. The monoisotopic (exact) mass is 395 g/mol. The standard InChI is InChI=1S/C19H30ClN5O2/c1-19(2,3)27-18(26)23-10-4-9-22-17(21)25-13-11-24(12-14-25)16-7-5-15(20)6-8-16/h5-8H,4,9-14H2,1-3H3,(H2,21,22)(H,23,26). The number of rotatable bonds is 5. The maximum absolute atomic E-state index is 11.6. The summed E-state index contributed by atoms with van der Waals surface area (Å²) in [7, 11) is 0. The first-order chi connectivity index (χ1) is 12.7. The number of carbonyl (C=O) groups excluding carboxylic acids is 1. The number of nitrogens with one attached hydrogen (secondary N) is 1. The summed E-state index contributed by atoms with van der Waals surface area (Å²) >= 11 is 5.94. The molecule has 0 aromatic heterocycles. The predicted octanol–water partition coefficient (Wildman–Crippen LogP) is 2.69. The zero-order valence-electron chi connectivity index (χ0n) is 16.4. The summed E-state index contributed by atoms with van der Waals surface area (Å²) in [6.07, 6.45) is 0.308. The Balaban J connectivity index is 1.67. The molecule has 0 radical (unpaired) electrons. The van der Waals surface area contributed by atoms with Crippen LogP contribution >= 0.6 is 11.6 Å². The van der Waals surface area contributed by atoms with Crippen LogP contribution in [0.4, 0.5) is 10.5 Å². The largest absolute Gasteiger partial charge is 0.444 e. The van der Waals surface area contributed by atoms with Gasteiger partial charge in [0.05, 0.1) is 0 Å². The number of guanidine groups is 1. The highest BCUT2D eigenvalue weighted by Crippen LogP contribution is 2.19. The van der Waals surface area contributed by atoms with Crippen LogP contribution in [0.15, 0.2) is 29.3 Å². The quantitative estimate of drug-likeness (QED) is 0.455. The molecule has 0 unspecified atom stereocenters. The van der Waals surface area contributed by atoms with Crippen LogP contribution < -0.4 is 16.0 Å². The summed E-state index contributed by atoms with van der Waals surface area (Å²) in [6, 6.07) is 7.88. The maximum Gasteiger partial charge on any atom is 0.407 e. The van der Waals surface area contributed by atoms with Gasteiger partial charge in [0.1, 0.15) is 5.60 Å².